The molecule has 0 saturated carbocycles. The molecule has 2 rings (SSSR count). The Morgan fingerprint density at radius 1 is 1.50 bits per heavy atom. The van der Waals surface area contributed by atoms with E-state index >= 15 is 0 Å². The molecular formula is C13H12BrFN2O3. The minimum Gasteiger partial charge on any atom is -0.377 e. The minimum atomic E-state index is -0.435. The van der Waals surface area contributed by atoms with E-state index in [1.165, 1.54) is 19.2 Å². The number of amides is 1. The number of hydrogen-bond donors (Lipinski definition) is 1. The van der Waals surface area contributed by atoms with Crippen LogP contribution in [0.1, 0.15) is 21.8 Å². The van der Waals surface area contributed by atoms with Crippen LogP contribution in [0.2, 0.25) is 0 Å². The summed E-state index contributed by atoms with van der Waals surface area (Å²) >= 11 is 3.25. The fourth-order valence-corrected chi connectivity index (χ4v) is 1.98. The second-order valence-electron chi connectivity index (χ2n) is 4.03. The van der Waals surface area contributed by atoms with Crippen LogP contribution >= 0.6 is 15.9 Å². The number of hydrogen-bond acceptors (Lipinski definition) is 4. The van der Waals surface area contributed by atoms with Gasteiger partial charge in [0.2, 0.25) is 0 Å². The highest BCUT2D eigenvalue weighted by molar-refractivity contribution is 9.10. The van der Waals surface area contributed by atoms with Crippen molar-refractivity contribution in [2.24, 2.45) is 0 Å². The number of carbonyl (C=O) groups excluding carboxylic acids is 1. The molecule has 0 saturated heterocycles. The van der Waals surface area contributed by atoms with E-state index in [9.17, 15) is 9.18 Å². The van der Waals surface area contributed by atoms with E-state index in [0.717, 1.165) is 4.47 Å². The second kappa shape index (κ2) is 6.62. The molecule has 1 amide bonds. The lowest BCUT2D eigenvalue weighted by Crippen LogP contribution is -2.23. The van der Waals surface area contributed by atoms with Gasteiger partial charge in [0.1, 0.15) is 12.4 Å². The third-order valence-electron chi connectivity index (χ3n) is 2.53. The van der Waals surface area contributed by atoms with E-state index < -0.39 is 5.91 Å². The Bertz CT molecular complexity index is 615. The van der Waals surface area contributed by atoms with E-state index in [2.05, 4.69) is 26.4 Å². The van der Waals surface area contributed by atoms with Crippen LogP contribution in [0.5, 0.6) is 0 Å². The van der Waals surface area contributed by atoms with Gasteiger partial charge in [0.05, 0.1) is 0 Å². The van der Waals surface area contributed by atoms with Gasteiger partial charge in [-0.3, -0.25) is 4.79 Å². The highest BCUT2D eigenvalue weighted by Gasteiger charge is 2.13. The van der Waals surface area contributed by atoms with Gasteiger partial charge in [0.15, 0.2) is 11.5 Å². The molecule has 1 aromatic heterocycles. The van der Waals surface area contributed by atoms with Crippen molar-refractivity contribution < 1.29 is 18.4 Å². The van der Waals surface area contributed by atoms with Crippen molar-refractivity contribution in [3.63, 3.8) is 0 Å². The molecule has 0 atom stereocenters. The molecule has 1 aromatic carbocycles. The van der Waals surface area contributed by atoms with Crippen LogP contribution in [0.25, 0.3) is 0 Å². The first-order valence-electron chi connectivity index (χ1n) is 5.77. The average molecular weight is 343 g/mol. The lowest BCUT2D eigenvalue weighted by Gasteiger charge is -2.05. The lowest BCUT2D eigenvalue weighted by atomic mass is 10.2. The molecule has 0 bridgehead atoms. The van der Waals surface area contributed by atoms with Gasteiger partial charge in [0.25, 0.3) is 5.91 Å². The van der Waals surface area contributed by atoms with Gasteiger partial charge < -0.3 is 14.6 Å². The second-order valence-corrected chi connectivity index (χ2v) is 4.95. The SMILES string of the molecule is COCc1cc(C(=O)NCc2cc(Br)ccc2F)no1. The standard InChI is InChI=1S/C13H12BrFN2O3/c1-19-7-10-5-12(17-20-10)13(18)16-6-8-4-9(14)2-3-11(8)15/h2-5H,6-7H2,1H3,(H,16,18). The molecular weight excluding hydrogens is 331 g/mol. The van der Waals surface area contributed by atoms with Crippen molar-refractivity contribution >= 4 is 21.8 Å². The monoisotopic (exact) mass is 342 g/mol. The Morgan fingerprint density at radius 2 is 2.30 bits per heavy atom. The van der Waals surface area contributed by atoms with Gasteiger partial charge in [-0.15, -0.1) is 0 Å². The fraction of sp³-hybridized carbons (Fsp3) is 0.231. The molecule has 7 heteroatoms. The first-order chi connectivity index (χ1) is 9.60. The summed E-state index contributed by atoms with van der Waals surface area (Å²) in [4.78, 5) is 11.8. The van der Waals surface area contributed by atoms with Gasteiger partial charge in [-0.2, -0.15) is 0 Å². The Morgan fingerprint density at radius 3 is 3.05 bits per heavy atom. The molecule has 2 aromatic rings. The van der Waals surface area contributed by atoms with E-state index in [1.807, 2.05) is 0 Å². The number of carbonyl (C=O) groups is 1. The summed E-state index contributed by atoms with van der Waals surface area (Å²) in [5.74, 6) is -0.365. The fourth-order valence-electron chi connectivity index (χ4n) is 1.58. The Labute approximate surface area is 123 Å². The predicted molar refractivity (Wildman–Crippen MR) is 72.5 cm³/mol. The molecule has 0 spiro atoms. The Balaban J connectivity index is 1.99. The third-order valence-corrected chi connectivity index (χ3v) is 3.02. The maximum absolute atomic E-state index is 13.5. The van der Waals surface area contributed by atoms with Crippen molar-refractivity contribution in [1.29, 1.82) is 0 Å². The van der Waals surface area contributed by atoms with Crippen LogP contribution in [0.15, 0.2) is 33.3 Å². The van der Waals surface area contributed by atoms with E-state index in [-0.39, 0.29) is 24.7 Å². The number of benzene rings is 1. The maximum Gasteiger partial charge on any atom is 0.273 e. The summed E-state index contributed by atoms with van der Waals surface area (Å²) in [5, 5.41) is 6.19. The van der Waals surface area contributed by atoms with Gasteiger partial charge >= 0.3 is 0 Å². The van der Waals surface area contributed by atoms with Gasteiger partial charge in [0, 0.05) is 29.8 Å². The van der Waals surface area contributed by atoms with E-state index in [1.54, 1.807) is 12.1 Å². The zero-order chi connectivity index (χ0) is 14.5. The molecule has 5 nitrogen and oxygen atoms in total. The highest BCUT2D eigenvalue weighted by Crippen LogP contribution is 2.15. The first kappa shape index (κ1) is 14.7. The van der Waals surface area contributed by atoms with Crippen LogP contribution in [0, 0.1) is 5.82 Å². The molecule has 0 aliphatic carbocycles. The molecule has 1 N–H and O–H groups in total. The summed E-state index contributed by atoms with van der Waals surface area (Å²) in [7, 11) is 1.51. The van der Waals surface area contributed by atoms with Crippen LogP contribution in [0.3, 0.4) is 0 Å². The Hall–Kier alpha value is -1.73. The van der Waals surface area contributed by atoms with E-state index in [0.29, 0.717) is 11.3 Å². The highest BCUT2D eigenvalue weighted by atomic mass is 79.9. The van der Waals surface area contributed by atoms with Crippen LogP contribution < -0.4 is 5.32 Å². The first-order valence-corrected chi connectivity index (χ1v) is 6.56. The number of methoxy groups -OCH3 is 1. The molecule has 1 heterocycles. The van der Waals surface area contributed by atoms with Crippen LogP contribution in [-0.4, -0.2) is 18.2 Å². The summed E-state index contributed by atoms with van der Waals surface area (Å²) in [6.07, 6.45) is 0. The molecule has 106 valence electrons. The van der Waals surface area contributed by atoms with Crippen LogP contribution in [-0.2, 0) is 17.9 Å². The number of rotatable bonds is 5. The minimum absolute atomic E-state index is 0.0660. The number of aromatic nitrogens is 1. The quantitative estimate of drug-likeness (QED) is 0.907. The van der Waals surface area contributed by atoms with Crippen molar-refractivity contribution in [2.75, 3.05) is 7.11 Å². The summed E-state index contributed by atoms with van der Waals surface area (Å²) in [6.45, 7) is 0.303. The third kappa shape index (κ3) is 3.64. The smallest absolute Gasteiger partial charge is 0.273 e. The summed E-state index contributed by atoms with van der Waals surface area (Å²) in [6, 6.07) is 6.01. The van der Waals surface area contributed by atoms with Gasteiger partial charge in [-0.05, 0) is 18.2 Å². The largest absolute Gasteiger partial charge is 0.377 e. The molecule has 0 unspecified atom stereocenters. The lowest BCUT2D eigenvalue weighted by molar-refractivity contribution is 0.0940. The van der Waals surface area contributed by atoms with Crippen LogP contribution in [0.4, 0.5) is 4.39 Å². The molecule has 0 aliphatic heterocycles. The molecule has 0 radical (unpaired) electrons. The number of ether oxygens (including phenoxy) is 1. The van der Waals surface area contributed by atoms with Crippen molar-refractivity contribution in [3.8, 4) is 0 Å². The number of halogens is 2. The predicted octanol–water partition coefficient (Wildman–Crippen LogP) is 2.65. The average Bonchev–Trinajstić information content (AvgIpc) is 2.88. The summed E-state index contributed by atoms with van der Waals surface area (Å²) < 4.78 is 24.0. The molecule has 0 aliphatic rings. The summed E-state index contributed by atoms with van der Waals surface area (Å²) in [5.41, 5.74) is 0.515. The normalized spacial score (nSPS) is 10.6. The van der Waals surface area contributed by atoms with Gasteiger partial charge in [-0.1, -0.05) is 21.1 Å². The van der Waals surface area contributed by atoms with Crippen molar-refractivity contribution in [1.82, 2.24) is 10.5 Å². The topological polar surface area (TPSA) is 64.4 Å². The molecule has 0 fully saturated rings. The number of nitrogens with zero attached hydrogens (tertiary/aromatic N) is 1. The van der Waals surface area contributed by atoms with Gasteiger partial charge in [-0.25, -0.2) is 4.39 Å². The van der Waals surface area contributed by atoms with Crippen molar-refractivity contribution in [2.45, 2.75) is 13.2 Å². The maximum atomic E-state index is 13.5. The Kier molecular flexibility index (Phi) is 4.86. The van der Waals surface area contributed by atoms with E-state index in [4.69, 9.17) is 9.26 Å². The zero-order valence-corrected chi connectivity index (χ0v) is 12.2. The molecule has 20 heavy (non-hydrogen) atoms. The number of nitrogens with one attached hydrogen (secondary N) is 1. The van der Waals surface area contributed by atoms with Crippen molar-refractivity contribution in [3.05, 3.63) is 51.6 Å². The zero-order valence-electron chi connectivity index (χ0n) is 10.7.